The molecule has 2 atom stereocenters. The Bertz CT molecular complexity index is 1110. The maximum atomic E-state index is 13.9. The van der Waals surface area contributed by atoms with Crippen molar-refractivity contribution in [3.63, 3.8) is 0 Å². The van der Waals surface area contributed by atoms with Crippen LogP contribution in [0.3, 0.4) is 0 Å². The summed E-state index contributed by atoms with van der Waals surface area (Å²) in [6.07, 6.45) is 3.30. The molecule has 164 valence electrons. The molecule has 2 aromatic carbocycles. The molecule has 0 spiro atoms. The van der Waals surface area contributed by atoms with Crippen LogP contribution in [0.2, 0.25) is 0 Å². The van der Waals surface area contributed by atoms with Gasteiger partial charge in [0.25, 0.3) is 11.8 Å². The van der Waals surface area contributed by atoms with Crippen LogP contribution < -0.4 is 15.4 Å². The minimum absolute atomic E-state index is 0.223. The molecule has 0 aliphatic carbocycles. The van der Waals surface area contributed by atoms with Gasteiger partial charge in [-0.3, -0.25) is 14.6 Å². The lowest BCUT2D eigenvalue weighted by atomic mass is 9.86. The Balaban J connectivity index is 1.66. The number of pyridine rings is 1. The summed E-state index contributed by atoms with van der Waals surface area (Å²) in [4.78, 5) is 29.5. The van der Waals surface area contributed by atoms with Gasteiger partial charge in [0.1, 0.15) is 18.5 Å². The fourth-order valence-electron chi connectivity index (χ4n) is 4.01. The van der Waals surface area contributed by atoms with Crippen molar-refractivity contribution < 1.29 is 18.7 Å². The van der Waals surface area contributed by atoms with Gasteiger partial charge >= 0.3 is 0 Å². The Morgan fingerprint density at radius 2 is 1.81 bits per heavy atom. The molecule has 2 N–H and O–H groups in total. The Morgan fingerprint density at radius 3 is 2.50 bits per heavy atom. The minimum atomic E-state index is -0.763. The summed E-state index contributed by atoms with van der Waals surface area (Å²) in [6.45, 7) is -0.282. The highest BCUT2D eigenvalue weighted by Gasteiger charge is 2.39. The number of aromatic nitrogens is 1. The summed E-state index contributed by atoms with van der Waals surface area (Å²) in [5.41, 5.74) is 3.12. The van der Waals surface area contributed by atoms with Crippen LogP contribution in [0.5, 0.6) is 5.75 Å². The second-order valence-electron chi connectivity index (χ2n) is 7.58. The van der Waals surface area contributed by atoms with E-state index in [4.69, 9.17) is 4.74 Å². The van der Waals surface area contributed by atoms with Crippen molar-refractivity contribution >= 4 is 11.8 Å². The monoisotopic (exact) mass is 433 g/mol. The molecular formula is C25H24FN3O3. The summed E-state index contributed by atoms with van der Waals surface area (Å²) in [6, 6.07) is 16.4. The average Bonchev–Trinajstić information content (AvgIpc) is 3.22. The van der Waals surface area contributed by atoms with Crippen molar-refractivity contribution in [2.75, 3.05) is 20.3 Å². The van der Waals surface area contributed by atoms with Gasteiger partial charge in [-0.05, 0) is 41.8 Å². The van der Waals surface area contributed by atoms with E-state index in [9.17, 15) is 14.0 Å². The number of ether oxygens (including phenoxy) is 1. The molecule has 2 heterocycles. The Kier molecular flexibility index (Phi) is 6.44. The molecule has 6 nitrogen and oxygen atoms in total. The highest BCUT2D eigenvalue weighted by Crippen LogP contribution is 2.45. The van der Waals surface area contributed by atoms with Gasteiger partial charge in [0, 0.05) is 37.1 Å². The first-order chi connectivity index (χ1) is 15.6. The quantitative estimate of drug-likeness (QED) is 0.599. The van der Waals surface area contributed by atoms with Crippen molar-refractivity contribution in [1.29, 1.82) is 0 Å². The maximum absolute atomic E-state index is 13.9. The largest absolute Gasteiger partial charge is 0.486 e. The number of benzene rings is 2. The molecule has 0 saturated heterocycles. The average molecular weight is 433 g/mol. The molecular weight excluding hydrogens is 409 g/mol. The lowest BCUT2D eigenvalue weighted by molar-refractivity contribution is 0.0954. The molecule has 7 heteroatoms. The van der Waals surface area contributed by atoms with E-state index in [0.29, 0.717) is 29.8 Å². The lowest BCUT2D eigenvalue weighted by Crippen LogP contribution is -2.27. The van der Waals surface area contributed by atoms with Crippen LogP contribution in [0.4, 0.5) is 4.39 Å². The smallest absolute Gasteiger partial charge is 0.254 e. The number of halogens is 1. The van der Waals surface area contributed by atoms with E-state index in [1.165, 1.54) is 13.1 Å². The highest BCUT2D eigenvalue weighted by molar-refractivity contribution is 6.02. The van der Waals surface area contributed by atoms with Gasteiger partial charge in [-0.1, -0.05) is 30.3 Å². The van der Waals surface area contributed by atoms with Crippen LogP contribution in [0.15, 0.2) is 67.0 Å². The highest BCUT2D eigenvalue weighted by atomic mass is 19.1. The molecule has 32 heavy (non-hydrogen) atoms. The van der Waals surface area contributed by atoms with Crippen molar-refractivity contribution in [3.8, 4) is 5.75 Å². The number of nitrogens with zero attached hydrogens (tertiary/aromatic N) is 1. The van der Waals surface area contributed by atoms with E-state index < -0.39 is 18.7 Å². The topological polar surface area (TPSA) is 80.3 Å². The molecule has 3 aromatic rings. The maximum Gasteiger partial charge on any atom is 0.254 e. The van der Waals surface area contributed by atoms with E-state index in [2.05, 4.69) is 15.6 Å². The summed E-state index contributed by atoms with van der Waals surface area (Å²) in [5, 5.41) is 5.48. The number of carbonyl (C=O) groups excluding carboxylic acids is 2. The lowest BCUT2D eigenvalue weighted by Gasteiger charge is -2.16. The zero-order valence-electron chi connectivity index (χ0n) is 17.7. The molecule has 1 aliphatic rings. The third-order valence-electron chi connectivity index (χ3n) is 5.59. The number of amides is 2. The molecule has 1 aliphatic heterocycles. The summed E-state index contributed by atoms with van der Waals surface area (Å²) < 4.78 is 19.8. The van der Waals surface area contributed by atoms with Gasteiger partial charge in [0.15, 0.2) is 0 Å². The first kappa shape index (κ1) is 21.5. The molecule has 0 bridgehead atoms. The number of nitrogens with one attached hydrogen (secondary N) is 2. The van der Waals surface area contributed by atoms with Crippen LogP contribution in [-0.2, 0) is 6.42 Å². The molecule has 0 saturated carbocycles. The number of rotatable bonds is 7. The second kappa shape index (κ2) is 9.60. The number of hydrogen-bond donors (Lipinski definition) is 2. The molecule has 0 radical (unpaired) electrons. The van der Waals surface area contributed by atoms with E-state index in [0.717, 1.165) is 11.1 Å². The van der Waals surface area contributed by atoms with Crippen LogP contribution in [0, 0.1) is 0 Å². The third kappa shape index (κ3) is 4.32. The Hall–Kier alpha value is -3.74. The standard InChI is InChI=1S/C25H24FN3O3/c1-27-25(31)20-14-18(24(30)29-12-9-16-7-10-28-11-8-16)13-19-22(17-5-3-2-4-6-17)21(15-26)32-23(19)20/h2-8,10-11,13-14,21-22H,9,12,15H2,1H3,(H,27,31)(H,29,30)/t21-,22+/m1/s1. The minimum Gasteiger partial charge on any atom is -0.486 e. The zero-order chi connectivity index (χ0) is 22.5. The summed E-state index contributed by atoms with van der Waals surface area (Å²) in [7, 11) is 1.51. The fourth-order valence-corrected chi connectivity index (χ4v) is 4.01. The summed E-state index contributed by atoms with van der Waals surface area (Å²) in [5.74, 6) is -0.778. The predicted octanol–water partition coefficient (Wildman–Crippen LogP) is 3.28. The molecule has 4 rings (SSSR count). The van der Waals surface area contributed by atoms with Gasteiger partial charge in [-0.15, -0.1) is 0 Å². The number of hydrogen-bond acceptors (Lipinski definition) is 4. The van der Waals surface area contributed by atoms with Crippen molar-refractivity contribution in [3.05, 3.63) is 94.8 Å². The van der Waals surface area contributed by atoms with Crippen molar-refractivity contribution in [2.24, 2.45) is 0 Å². The Labute approximate surface area is 185 Å². The predicted molar refractivity (Wildman–Crippen MR) is 119 cm³/mol. The first-order valence-electron chi connectivity index (χ1n) is 10.5. The Morgan fingerprint density at radius 1 is 1.06 bits per heavy atom. The van der Waals surface area contributed by atoms with Gasteiger partial charge in [0.2, 0.25) is 0 Å². The number of fused-ring (bicyclic) bond motifs is 1. The van der Waals surface area contributed by atoms with Gasteiger partial charge < -0.3 is 15.4 Å². The SMILES string of the molecule is CNC(=O)c1cc(C(=O)NCCc2ccncc2)cc2c1O[C@H](CF)[C@H]2c1ccccc1. The van der Waals surface area contributed by atoms with Crippen LogP contribution >= 0.6 is 0 Å². The molecule has 0 fully saturated rings. The normalized spacial score (nSPS) is 16.7. The summed E-state index contributed by atoms with van der Waals surface area (Å²) >= 11 is 0. The van der Waals surface area contributed by atoms with E-state index in [1.807, 2.05) is 42.5 Å². The van der Waals surface area contributed by atoms with E-state index in [-0.39, 0.29) is 17.4 Å². The third-order valence-corrected chi connectivity index (χ3v) is 5.59. The molecule has 2 amide bonds. The van der Waals surface area contributed by atoms with Crippen molar-refractivity contribution in [2.45, 2.75) is 18.4 Å². The van der Waals surface area contributed by atoms with E-state index >= 15 is 0 Å². The van der Waals surface area contributed by atoms with E-state index in [1.54, 1.807) is 18.5 Å². The fraction of sp³-hybridized carbons (Fsp3) is 0.240. The number of carbonyl (C=O) groups is 2. The van der Waals surface area contributed by atoms with Gasteiger partial charge in [-0.25, -0.2) is 4.39 Å². The number of alkyl halides is 1. The van der Waals surface area contributed by atoms with Gasteiger partial charge in [-0.2, -0.15) is 0 Å². The van der Waals surface area contributed by atoms with Crippen LogP contribution in [-0.4, -0.2) is 43.2 Å². The van der Waals surface area contributed by atoms with Crippen LogP contribution in [0.25, 0.3) is 0 Å². The molecule has 0 unspecified atom stereocenters. The second-order valence-corrected chi connectivity index (χ2v) is 7.58. The van der Waals surface area contributed by atoms with Gasteiger partial charge in [0.05, 0.1) is 11.5 Å². The zero-order valence-corrected chi connectivity index (χ0v) is 17.7. The van der Waals surface area contributed by atoms with Crippen LogP contribution in [0.1, 0.15) is 43.3 Å². The van der Waals surface area contributed by atoms with Crippen molar-refractivity contribution in [1.82, 2.24) is 15.6 Å². The molecule has 1 aromatic heterocycles. The first-order valence-corrected chi connectivity index (χ1v) is 10.5.